The zero-order valence-electron chi connectivity index (χ0n) is 13.8. The predicted molar refractivity (Wildman–Crippen MR) is 104 cm³/mol. The van der Waals surface area contributed by atoms with E-state index < -0.39 is 0 Å². The van der Waals surface area contributed by atoms with E-state index in [1.807, 2.05) is 24.3 Å². The van der Waals surface area contributed by atoms with Gasteiger partial charge in [-0.25, -0.2) is 0 Å². The molecule has 4 nitrogen and oxygen atoms in total. The highest BCUT2D eigenvalue weighted by molar-refractivity contribution is 7.20. The highest BCUT2D eigenvalue weighted by Crippen LogP contribution is 2.27. The lowest BCUT2D eigenvalue weighted by Crippen LogP contribution is -2.43. The second kappa shape index (κ2) is 7.66. The molecule has 130 valence electrons. The number of nitrogens with one attached hydrogen (secondary N) is 1. The van der Waals surface area contributed by atoms with Crippen molar-refractivity contribution in [2.75, 3.05) is 32.8 Å². The highest BCUT2D eigenvalue weighted by atomic mass is 32.1. The van der Waals surface area contributed by atoms with Crippen LogP contribution in [0.15, 0.2) is 47.8 Å². The summed E-state index contributed by atoms with van der Waals surface area (Å²) >= 11 is 3.29. The molecule has 2 aromatic heterocycles. The number of amides is 1. The van der Waals surface area contributed by atoms with Crippen molar-refractivity contribution >= 4 is 38.7 Å². The fourth-order valence-corrected chi connectivity index (χ4v) is 4.99. The van der Waals surface area contributed by atoms with E-state index in [2.05, 4.69) is 33.8 Å². The maximum atomic E-state index is 12.6. The zero-order valence-corrected chi connectivity index (χ0v) is 15.4. The van der Waals surface area contributed by atoms with Gasteiger partial charge >= 0.3 is 0 Å². The van der Waals surface area contributed by atoms with E-state index in [0.717, 1.165) is 41.3 Å². The molecule has 1 N–H and O–H groups in total. The van der Waals surface area contributed by atoms with E-state index in [4.69, 9.17) is 4.74 Å². The lowest BCUT2D eigenvalue weighted by molar-refractivity contribution is 0.0169. The first-order chi connectivity index (χ1) is 12.3. The van der Waals surface area contributed by atoms with Crippen LogP contribution < -0.4 is 5.32 Å². The van der Waals surface area contributed by atoms with Gasteiger partial charge in [0.1, 0.15) is 0 Å². The maximum Gasteiger partial charge on any atom is 0.261 e. The minimum atomic E-state index is 0.0102. The molecule has 0 saturated carbocycles. The molecule has 6 heteroatoms. The zero-order chi connectivity index (χ0) is 17.1. The van der Waals surface area contributed by atoms with Crippen molar-refractivity contribution in [3.63, 3.8) is 0 Å². The number of morpholine rings is 1. The van der Waals surface area contributed by atoms with E-state index in [-0.39, 0.29) is 11.9 Å². The molecule has 0 spiro atoms. The molecule has 0 bridgehead atoms. The fourth-order valence-electron chi connectivity index (χ4n) is 3.15. The summed E-state index contributed by atoms with van der Waals surface area (Å²) in [4.78, 5) is 17.1. The Morgan fingerprint density at radius 3 is 2.80 bits per heavy atom. The van der Waals surface area contributed by atoms with Crippen LogP contribution in [0.2, 0.25) is 0 Å². The van der Waals surface area contributed by atoms with Crippen molar-refractivity contribution in [3.05, 3.63) is 57.6 Å². The highest BCUT2D eigenvalue weighted by Gasteiger charge is 2.24. The van der Waals surface area contributed by atoms with Crippen LogP contribution in [0.3, 0.4) is 0 Å². The van der Waals surface area contributed by atoms with Gasteiger partial charge in [0, 0.05) is 29.2 Å². The lowest BCUT2D eigenvalue weighted by atomic mass is 10.2. The first kappa shape index (κ1) is 16.7. The number of rotatable bonds is 5. The van der Waals surface area contributed by atoms with Crippen LogP contribution in [-0.2, 0) is 4.74 Å². The smallest absolute Gasteiger partial charge is 0.261 e. The SMILES string of the molecule is O=C(NC[C@H](c1cccs1)N1CCOCC1)c1cc2ccccc2s1. The van der Waals surface area contributed by atoms with Crippen molar-refractivity contribution in [1.82, 2.24) is 10.2 Å². The van der Waals surface area contributed by atoms with Gasteiger partial charge in [-0.15, -0.1) is 22.7 Å². The number of hydrogen-bond donors (Lipinski definition) is 1. The molecule has 1 aliphatic heterocycles. The summed E-state index contributed by atoms with van der Waals surface area (Å²) < 4.78 is 6.62. The Labute approximate surface area is 155 Å². The van der Waals surface area contributed by atoms with Gasteiger partial charge in [-0.3, -0.25) is 9.69 Å². The summed E-state index contributed by atoms with van der Waals surface area (Å²) in [5.41, 5.74) is 0. The van der Waals surface area contributed by atoms with Crippen LogP contribution >= 0.6 is 22.7 Å². The van der Waals surface area contributed by atoms with Gasteiger partial charge in [0.15, 0.2) is 0 Å². The third-order valence-electron chi connectivity index (χ3n) is 4.46. The van der Waals surface area contributed by atoms with Crippen molar-refractivity contribution in [1.29, 1.82) is 0 Å². The Hall–Kier alpha value is -1.73. The summed E-state index contributed by atoms with van der Waals surface area (Å²) in [6.07, 6.45) is 0. The van der Waals surface area contributed by atoms with Crippen LogP contribution in [0.5, 0.6) is 0 Å². The van der Waals surface area contributed by atoms with Crippen LogP contribution in [0.4, 0.5) is 0 Å². The third kappa shape index (κ3) is 3.77. The number of hydrogen-bond acceptors (Lipinski definition) is 5. The van der Waals surface area contributed by atoms with Gasteiger partial charge in [0.25, 0.3) is 5.91 Å². The Morgan fingerprint density at radius 2 is 2.04 bits per heavy atom. The average Bonchev–Trinajstić information content (AvgIpc) is 3.32. The molecule has 3 heterocycles. The van der Waals surface area contributed by atoms with Crippen LogP contribution in [0, 0.1) is 0 Å². The summed E-state index contributed by atoms with van der Waals surface area (Å²) in [5, 5.41) is 6.36. The molecule has 0 radical (unpaired) electrons. The second-order valence-corrected chi connectivity index (χ2v) is 8.10. The summed E-state index contributed by atoms with van der Waals surface area (Å²) in [6.45, 7) is 3.94. The van der Waals surface area contributed by atoms with Crippen LogP contribution in [-0.4, -0.2) is 43.7 Å². The Kier molecular flexibility index (Phi) is 5.12. The lowest BCUT2D eigenvalue weighted by Gasteiger charge is -2.34. The molecule has 1 fully saturated rings. The molecule has 1 saturated heterocycles. The normalized spacial score (nSPS) is 16.8. The Balaban J connectivity index is 1.47. The first-order valence-electron chi connectivity index (χ1n) is 8.43. The van der Waals surface area contributed by atoms with Gasteiger partial charge in [-0.2, -0.15) is 0 Å². The molecule has 3 aromatic rings. The van der Waals surface area contributed by atoms with E-state index in [1.54, 1.807) is 22.7 Å². The number of carbonyl (C=O) groups is 1. The van der Waals surface area contributed by atoms with Gasteiger partial charge in [-0.05, 0) is 29.0 Å². The molecule has 1 aliphatic rings. The first-order valence-corrected chi connectivity index (χ1v) is 10.1. The van der Waals surface area contributed by atoms with Gasteiger partial charge in [0.05, 0.1) is 24.1 Å². The summed E-state index contributed by atoms with van der Waals surface area (Å²) in [6, 6.07) is 14.5. The maximum absolute atomic E-state index is 12.6. The topological polar surface area (TPSA) is 41.6 Å². The number of thiophene rings is 2. The predicted octanol–water partition coefficient (Wildman–Crippen LogP) is 3.77. The standard InChI is InChI=1S/C19H20N2O2S2/c22-19(18-12-14-4-1-2-5-16(14)25-18)20-13-15(17-6-3-11-24-17)21-7-9-23-10-8-21/h1-6,11-12,15H,7-10,13H2,(H,20,22)/t15-/m1/s1. The van der Waals surface area contributed by atoms with E-state index in [0.29, 0.717) is 6.54 Å². The third-order valence-corrected chi connectivity index (χ3v) is 6.55. The molecule has 0 aliphatic carbocycles. The molecule has 25 heavy (non-hydrogen) atoms. The molecule has 4 rings (SSSR count). The van der Waals surface area contributed by atoms with Crippen LogP contribution in [0.1, 0.15) is 20.6 Å². The van der Waals surface area contributed by atoms with E-state index >= 15 is 0 Å². The molecular weight excluding hydrogens is 352 g/mol. The number of carbonyl (C=O) groups excluding carboxylic acids is 1. The molecular formula is C19H20N2O2S2. The van der Waals surface area contributed by atoms with Crippen molar-refractivity contribution in [2.45, 2.75) is 6.04 Å². The summed E-state index contributed by atoms with van der Waals surface area (Å²) in [5.74, 6) is 0.0102. The average molecular weight is 373 g/mol. The minimum Gasteiger partial charge on any atom is -0.379 e. The van der Waals surface area contributed by atoms with E-state index in [9.17, 15) is 4.79 Å². The minimum absolute atomic E-state index is 0.0102. The molecule has 1 atom stereocenters. The monoisotopic (exact) mass is 372 g/mol. The fraction of sp³-hybridized carbons (Fsp3) is 0.316. The second-order valence-electron chi connectivity index (χ2n) is 6.04. The van der Waals surface area contributed by atoms with Gasteiger partial charge in [0.2, 0.25) is 0 Å². The van der Waals surface area contributed by atoms with Gasteiger partial charge in [-0.1, -0.05) is 24.3 Å². The quantitative estimate of drug-likeness (QED) is 0.741. The number of ether oxygens (including phenoxy) is 1. The number of fused-ring (bicyclic) bond motifs is 1. The summed E-state index contributed by atoms with van der Waals surface area (Å²) in [7, 11) is 0. The van der Waals surface area contributed by atoms with E-state index in [1.165, 1.54) is 4.88 Å². The Morgan fingerprint density at radius 1 is 1.20 bits per heavy atom. The van der Waals surface area contributed by atoms with Crippen molar-refractivity contribution in [3.8, 4) is 0 Å². The molecule has 1 amide bonds. The molecule has 1 aromatic carbocycles. The van der Waals surface area contributed by atoms with Crippen molar-refractivity contribution < 1.29 is 9.53 Å². The largest absolute Gasteiger partial charge is 0.379 e. The molecule has 0 unspecified atom stereocenters. The number of benzene rings is 1. The van der Waals surface area contributed by atoms with Crippen molar-refractivity contribution in [2.24, 2.45) is 0 Å². The van der Waals surface area contributed by atoms with Gasteiger partial charge < -0.3 is 10.1 Å². The Bertz CT molecular complexity index is 805. The number of nitrogens with zero attached hydrogens (tertiary/aromatic N) is 1. The van der Waals surface area contributed by atoms with Crippen LogP contribution in [0.25, 0.3) is 10.1 Å².